The summed E-state index contributed by atoms with van der Waals surface area (Å²) in [7, 11) is 0. The maximum atomic E-state index is 13.5. The minimum absolute atomic E-state index is 0.246. The molecule has 7 heteroatoms. The zero-order valence-corrected chi connectivity index (χ0v) is 42.8. The van der Waals surface area contributed by atoms with Gasteiger partial charge in [0, 0.05) is 6.92 Å². The lowest BCUT2D eigenvalue weighted by Gasteiger charge is -2.19. The second-order valence-electron chi connectivity index (χ2n) is 18.9. The summed E-state index contributed by atoms with van der Waals surface area (Å²) in [5.74, 6) is 1.20. The molecule has 0 spiro atoms. The molecule has 1 aromatic rings. The maximum absolute atomic E-state index is 13.5. The fourth-order valence-corrected chi connectivity index (χ4v) is 8.44. The van der Waals surface area contributed by atoms with E-state index in [1.165, 1.54) is 200 Å². The Morgan fingerprint density at radius 2 is 0.578 bits per heavy atom. The standard InChI is InChI=1S/C57H104O7/c1-5-8-11-14-17-20-23-26-29-32-35-41-46-61-54-50-53(57(59)64-49-44-39-38-40-45-60-52(4)58)51-55(62-47-42-36-33-30-27-24-21-18-15-12-9-6-2)56(54)63-48-43-37-34-31-28-25-22-19-16-13-10-7-3/h50-51H,5-49H2,1-4H3. The molecule has 64 heavy (non-hydrogen) atoms. The molecule has 0 atom stereocenters. The molecule has 0 bridgehead atoms. The molecular formula is C57H104O7. The summed E-state index contributed by atoms with van der Waals surface area (Å²) in [6.07, 6.45) is 50.0. The van der Waals surface area contributed by atoms with Gasteiger partial charge in [-0.05, 0) is 57.1 Å². The van der Waals surface area contributed by atoms with Crippen molar-refractivity contribution in [2.24, 2.45) is 0 Å². The van der Waals surface area contributed by atoms with Crippen LogP contribution in [0.3, 0.4) is 0 Å². The Balaban J connectivity index is 2.84. The van der Waals surface area contributed by atoms with E-state index in [4.69, 9.17) is 23.7 Å². The van der Waals surface area contributed by atoms with Crippen molar-refractivity contribution in [2.75, 3.05) is 33.0 Å². The number of benzene rings is 1. The first-order valence-corrected chi connectivity index (χ1v) is 27.9. The third-order valence-corrected chi connectivity index (χ3v) is 12.6. The average Bonchev–Trinajstić information content (AvgIpc) is 3.29. The Hall–Kier alpha value is -2.44. The highest BCUT2D eigenvalue weighted by molar-refractivity contribution is 5.91. The van der Waals surface area contributed by atoms with Crippen LogP contribution < -0.4 is 14.2 Å². The van der Waals surface area contributed by atoms with Crippen LogP contribution >= 0.6 is 0 Å². The predicted octanol–water partition coefficient (Wildman–Crippen LogP) is 18.2. The highest BCUT2D eigenvalue weighted by Crippen LogP contribution is 2.40. The minimum Gasteiger partial charge on any atom is -0.490 e. The summed E-state index contributed by atoms with van der Waals surface area (Å²) in [4.78, 5) is 24.5. The van der Waals surface area contributed by atoms with Gasteiger partial charge in [0.1, 0.15) is 0 Å². The zero-order valence-electron chi connectivity index (χ0n) is 42.8. The highest BCUT2D eigenvalue weighted by Gasteiger charge is 2.20. The van der Waals surface area contributed by atoms with Gasteiger partial charge in [0.2, 0.25) is 5.75 Å². The number of esters is 2. The van der Waals surface area contributed by atoms with Crippen LogP contribution in [0, 0.1) is 0 Å². The van der Waals surface area contributed by atoms with Crippen LogP contribution in [0.1, 0.15) is 295 Å². The van der Waals surface area contributed by atoms with Crippen molar-refractivity contribution in [1.29, 1.82) is 0 Å². The van der Waals surface area contributed by atoms with Crippen LogP contribution in [-0.4, -0.2) is 45.0 Å². The Bertz CT molecular complexity index is 1120. The summed E-state index contributed by atoms with van der Waals surface area (Å²) >= 11 is 0. The molecule has 0 aromatic heterocycles. The number of hydrogen-bond donors (Lipinski definition) is 0. The van der Waals surface area contributed by atoms with Crippen molar-refractivity contribution < 1.29 is 33.3 Å². The Labute approximate surface area is 396 Å². The minimum atomic E-state index is -0.363. The number of hydrogen-bond acceptors (Lipinski definition) is 7. The highest BCUT2D eigenvalue weighted by atomic mass is 16.5. The smallest absolute Gasteiger partial charge is 0.338 e. The summed E-state index contributed by atoms with van der Waals surface area (Å²) < 4.78 is 30.3. The number of carbonyl (C=O) groups excluding carboxylic acids is 2. The van der Waals surface area contributed by atoms with Gasteiger partial charge in [-0.2, -0.15) is 0 Å². The van der Waals surface area contributed by atoms with Gasteiger partial charge in [-0.3, -0.25) is 4.79 Å². The molecule has 0 radical (unpaired) electrons. The predicted molar refractivity (Wildman–Crippen MR) is 272 cm³/mol. The topological polar surface area (TPSA) is 80.3 Å². The first kappa shape index (κ1) is 59.6. The van der Waals surface area contributed by atoms with Crippen molar-refractivity contribution in [2.45, 2.75) is 285 Å². The van der Waals surface area contributed by atoms with Gasteiger partial charge in [-0.15, -0.1) is 0 Å². The molecule has 1 aromatic carbocycles. The van der Waals surface area contributed by atoms with E-state index in [0.29, 0.717) is 55.8 Å². The fourth-order valence-electron chi connectivity index (χ4n) is 8.44. The van der Waals surface area contributed by atoms with Crippen LogP contribution in [0.15, 0.2) is 12.1 Å². The lowest BCUT2D eigenvalue weighted by Crippen LogP contribution is -2.11. The van der Waals surface area contributed by atoms with Gasteiger partial charge in [-0.1, -0.05) is 233 Å². The van der Waals surface area contributed by atoms with Crippen LogP contribution in [0.4, 0.5) is 0 Å². The zero-order chi connectivity index (χ0) is 46.2. The molecule has 0 aliphatic rings. The van der Waals surface area contributed by atoms with Crippen molar-refractivity contribution in [3.8, 4) is 17.2 Å². The second-order valence-corrected chi connectivity index (χ2v) is 18.9. The molecule has 0 unspecified atom stereocenters. The van der Waals surface area contributed by atoms with Gasteiger partial charge < -0.3 is 23.7 Å². The van der Waals surface area contributed by atoms with E-state index >= 15 is 0 Å². The number of unbranched alkanes of at least 4 members (excludes halogenated alkanes) is 36. The van der Waals surface area contributed by atoms with E-state index in [1.54, 1.807) is 0 Å². The second kappa shape index (κ2) is 47.1. The normalized spacial score (nSPS) is 11.2. The molecule has 0 fully saturated rings. The maximum Gasteiger partial charge on any atom is 0.338 e. The summed E-state index contributed by atoms with van der Waals surface area (Å²) in [6.45, 7) is 10.8. The molecule has 0 heterocycles. The van der Waals surface area contributed by atoms with E-state index in [1.807, 2.05) is 12.1 Å². The van der Waals surface area contributed by atoms with Gasteiger partial charge in [0.25, 0.3) is 0 Å². The first-order chi connectivity index (χ1) is 31.5. The van der Waals surface area contributed by atoms with Gasteiger partial charge in [0.15, 0.2) is 11.5 Å². The monoisotopic (exact) mass is 901 g/mol. The van der Waals surface area contributed by atoms with Crippen molar-refractivity contribution in [3.05, 3.63) is 17.7 Å². The van der Waals surface area contributed by atoms with E-state index in [2.05, 4.69) is 20.8 Å². The van der Waals surface area contributed by atoms with Crippen LogP contribution in [0.2, 0.25) is 0 Å². The van der Waals surface area contributed by atoms with E-state index < -0.39 is 0 Å². The van der Waals surface area contributed by atoms with Crippen LogP contribution in [-0.2, 0) is 14.3 Å². The molecule has 0 amide bonds. The Kier molecular flexibility index (Phi) is 43.8. The molecular weight excluding hydrogens is 797 g/mol. The first-order valence-electron chi connectivity index (χ1n) is 27.9. The van der Waals surface area contributed by atoms with E-state index in [9.17, 15) is 9.59 Å². The van der Waals surface area contributed by atoms with Crippen LogP contribution in [0.5, 0.6) is 17.2 Å². The van der Waals surface area contributed by atoms with Crippen molar-refractivity contribution in [3.63, 3.8) is 0 Å². The molecule has 0 aliphatic heterocycles. The SMILES string of the molecule is CCCCCCCCCCCCCCOc1cc(C(=O)OCCCCCCOC(C)=O)cc(OCCCCCCCCCCCCCC)c1OCCCCCCCCCCCCCC. The summed E-state index contributed by atoms with van der Waals surface area (Å²) in [5, 5.41) is 0. The largest absolute Gasteiger partial charge is 0.490 e. The quantitative estimate of drug-likeness (QED) is 0.0476. The molecule has 0 N–H and O–H groups in total. The molecule has 0 saturated carbocycles. The Morgan fingerprint density at radius 3 is 0.875 bits per heavy atom. The molecule has 0 aliphatic carbocycles. The lowest BCUT2D eigenvalue weighted by molar-refractivity contribution is -0.141. The third kappa shape index (κ3) is 37.7. The van der Waals surface area contributed by atoms with Gasteiger partial charge in [-0.25, -0.2) is 4.79 Å². The number of rotatable bonds is 50. The van der Waals surface area contributed by atoms with Gasteiger partial charge in [0.05, 0.1) is 38.6 Å². The van der Waals surface area contributed by atoms with E-state index in [0.717, 1.165) is 64.2 Å². The molecule has 374 valence electrons. The van der Waals surface area contributed by atoms with Gasteiger partial charge >= 0.3 is 11.9 Å². The summed E-state index contributed by atoms with van der Waals surface area (Å²) in [5.41, 5.74) is 0.446. The van der Waals surface area contributed by atoms with Crippen LogP contribution in [0.25, 0.3) is 0 Å². The van der Waals surface area contributed by atoms with Crippen molar-refractivity contribution in [1.82, 2.24) is 0 Å². The van der Waals surface area contributed by atoms with Crippen molar-refractivity contribution >= 4 is 11.9 Å². The fraction of sp³-hybridized carbons (Fsp3) is 0.860. The number of carbonyl (C=O) groups is 2. The Morgan fingerprint density at radius 1 is 0.328 bits per heavy atom. The number of ether oxygens (including phenoxy) is 5. The molecule has 1 rings (SSSR count). The lowest BCUT2D eigenvalue weighted by atomic mass is 10.1. The van der Waals surface area contributed by atoms with E-state index in [-0.39, 0.29) is 11.9 Å². The average molecular weight is 901 g/mol. The molecule has 0 saturated heterocycles. The summed E-state index contributed by atoms with van der Waals surface area (Å²) in [6, 6.07) is 3.63. The molecule has 7 nitrogen and oxygen atoms in total. The third-order valence-electron chi connectivity index (χ3n) is 12.6.